The first-order valence-corrected chi connectivity index (χ1v) is 9.56. The SMILES string of the molecule is Cc1ccc(C2=S(Cl)SC(c3ccc(O)cc3)=C2)cc1. The average Bonchev–Trinajstić information content (AvgIpc) is 2.82. The molecule has 0 saturated heterocycles. The van der Waals surface area contributed by atoms with Crippen molar-refractivity contribution < 1.29 is 5.11 Å². The van der Waals surface area contributed by atoms with Gasteiger partial charge in [-0.1, -0.05) is 42.0 Å². The van der Waals surface area contributed by atoms with Gasteiger partial charge in [-0.25, -0.2) is 0 Å². The van der Waals surface area contributed by atoms with E-state index in [4.69, 9.17) is 10.7 Å². The number of hydrogen-bond acceptors (Lipinski definition) is 2. The number of hydrogen-bond donors (Lipinski definition) is 1. The van der Waals surface area contributed by atoms with Crippen LogP contribution in [0.4, 0.5) is 0 Å². The van der Waals surface area contributed by atoms with Gasteiger partial charge in [-0.15, -0.1) is 0 Å². The van der Waals surface area contributed by atoms with Crippen LogP contribution in [0.5, 0.6) is 5.75 Å². The van der Waals surface area contributed by atoms with E-state index in [9.17, 15) is 5.11 Å². The monoisotopic (exact) mass is 320 g/mol. The minimum atomic E-state index is -0.354. The van der Waals surface area contributed by atoms with Gasteiger partial charge in [0.15, 0.2) is 0 Å². The quantitative estimate of drug-likeness (QED) is 0.595. The predicted octanol–water partition coefficient (Wildman–Crippen LogP) is 5.35. The third-order valence-electron chi connectivity index (χ3n) is 3.09. The van der Waals surface area contributed by atoms with Crippen LogP contribution >= 0.6 is 30.2 Å². The second-order valence-corrected chi connectivity index (χ2v) is 9.06. The lowest BCUT2D eigenvalue weighted by molar-refractivity contribution is 0.475. The third-order valence-corrected chi connectivity index (χ3v) is 7.05. The molecule has 1 nitrogen and oxygen atoms in total. The number of phenols is 1. The number of aromatic hydroxyl groups is 1. The molecule has 20 heavy (non-hydrogen) atoms. The van der Waals surface area contributed by atoms with E-state index < -0.39 is 0 Å². The van der Waals surface area contributed by atoms with Gasteiger partial charge in [-0.2, -0.15) is 0 Å². The highest BCUT2D eigenvalue weighted by molar-refractivity contribution is 8.95. The molecule has 102 valence electrons. The molecule has 0 spiro atoms. The summed E-state index contributed by atoms with van der Waals surface area (Å²) in [5, 5.41) is 9.35. The van der Waals surface area contributed by atoms with Crippen molar-refractivity contribution in [2.24, 2.45) is 0 Å². The van der Waals surface area contributed by atoms with Crippen LogP contribution in [0.25, 0.3) is 4.91 Å². The first kappa shape index (κ1) is 13.8. The van der Waals surface area contributed by atoms with E-state index in [-0.39, 0.29) is 14.5 Å². The Kier molecular flexibility index (Phi) is 3.92. The molecule has 1 atom stereocenters. The fourth-order valence-electron chi connectivity index (χ4n) is 1.96. The smallest absolute Gasteiger partial charge is 0.115 e. The van der Waals surface area contributed by atoms with Crippen molar-refractivity contribution in [3.8, 4) is 5.75 Å². The van der Waals surface area contributed by atoms with Gasteiger partial charge >= 0.3 is 0 Å². The Labute approximate surface area is 129 Å². The number of benzene rings is 2. The summed E-state index contributed by atoms with van der Waals surface area (Å²) in [6.07, 6.45) is 2.15. The summed E-state index contributed by atoms with van der Waals surface area (Å²) in [6.45, 7) is 2.08. The number of rotatable bonds is 2. The van der Waals surface area contributed by atoms with Crippen LogP contribution in [0.15, 0.2) is 54.6 Å². The topological polar surface area (TPSA) is 20.2 Å². The standard InChI is InChI=1S/C16H13ClOS2/c1-11-2-4-13(5-3-11)16-10-15(19-20(16)17)12-6-8-14(18)9-7-12/h2-10,18H,1H3. The number of allylic oxidation sites excluding steroid dienone is 1. The summed E-state index contributed by atoms with van der Waals surface area (Å²) in [4.78, 5) is 2.32. The largest absolute Gasteiger partial charge is 0.508 e. The summed E-state index contributed by atoms with van der Waals surface area (Å²) in [7, 11) is 7.79. The lowest BCUT2D eigenvalue weighted by atomic mass is 10.1. The van der Waals surface area contributed by atoms with Crippen molar-refractivity contribution in [3.05, 3.63) is 71.3 Å². The Morgan fingerprint density at radius 3 is 2.20 bits per heavy atom. The van der Waals surface area contributed by atoms with Crippen LogP contribution in [-0.4, -0.2) is 9.97 Å². The van der Waals surface area contributed by atoms with Gasteiger partial charge in [0.2, 0.25) is 0 Å². The van der Waals surface area contributed by atoms with Gasteiger partial charge in [-0.3, -0.25) is 0 Å². The summed E-state index contributed by atoms with van der Waals surface area (Å²) in [6, 6.07) is 15.7. The molecule has 0 fully saturated rings. The van der Waals surface area contributed by atoms with E-state index >= 15 is 0 Å². The summed E-state index contributed by atoms with van der Waals surface area (Å²) in [5.41, 5.74) is 3.51. The van der Waals surface area contributed by atoms with Gasteiger partial charge in [-0.05, 0) is 66.5 Å². The van der Waals surface area contributed by atoms with Crippen molar-refractivity contribution in [1.29, 1.82) is 0 Å². The van der Waals surface area contributed by atoms with E-state index in [1.807, 2.05) is 12.1 Å². The van der Waals surface area contributed by atoms with Gasteiger partial charge < -0.3 is 5.11 Å². The molecule has 0 saturated carbocycles. The van der Waals surface area contributed by atoms with Gasteiger partial charge in [0.25, 0.3) is 0 Å². The van der Waals surface area contributed by atoms with E-state index in [1.165, 1.54) is 16.0 Å². The maximum atomic E-state index is 9.35. The molecular weight excluding hydrogens is 308 g/mol. The molecule has 1 heterocycles. The fraction of sp³-hybridized carbons (Fsp3) is 0.0625. The molecular formula is C16H13ClOS2. The van der Waals surface area contributed by atoms with Crippen molar-refractivity contribution in [1.82, 2.24) is 0 Å². The normalized spacial score (nSPS) is 18.2. The van der Waals surface area contributed by atoms with Crippen LogP contribution < -0.4 is 0 Å². The van der Waals surface area contributed by atoms with Gasteiger partial charge in [0.1, 0.15) is 5.75 Å². The zero-order valence-electron chi connectivity index (χ0n) is 10.8. The van der Waals surface area contributed by atoms with E-state index in [0.717, 1.165) is 10.5 Å². The highest BCUT2D eigenvalue weighted by atomic mass is 35.7. The van der Waals surface area contributed by atoms with Crippen molar-refractivity contribution in [2.75, 3.05) is 0 Å². The lowest BCUT2D eigenvalue weighted by Gasteiger charge is -2.01. The summed E-state index contributed by atoms with van der Waals surface area (Å²) in [5.74, 6) is 0.282. The number of phenolic OH excluding ortho intramolecular Hbond substituents is 1. The maximum Gasteiger partial charge on any atom is 0.115 e. The third kappa shape index (κ3) is 2.80. The fourth-order valence-corrected chi connectivity index (χ4v) is 5.84. The second-order valence-electron chi connectivity index (χ2n) is 4.59. The number of aryl methyl sites for hydroxylation is 1. The van der Waals surface area contributed by atoms with Crippen LogP contribution in [0.2, 0.25) is 0 Å². The molecule has 0 aliphatic carbocycles. The van der Waals surface area contributed by atoms with Crippen LogP contribution in [0.3, 0.4) is 0 Å². The highest BCUT2D eigenvalue weighted by Crippen LogP contribution is 2.52. The minimum Gasteiger partial charge on any atom is -0.508 e. The molecule has 1 N–H and O–H groups in total. The molecule has 2 aromatic rings. The Balaban J connectivity index is 1.94. The molecule has 2 aromatic carbocycles. The van der Waals surface area contributed by atoms with Gasteiger partial charge in [0.05, 0.1) is 0 Å². The summed E-state index contributed by atoms with van der Waals surface area (Å²) < 4.78 is 0. The van der Waals surface area contributed by atoms with Crippen LogP contribution in [-0.2, 0) is 0 Å². The van der Waals surface area contributed by atoms with Crippen LogP contribution in [0.1, 0.15) is 16.7 Å². The van der Waals surface area contributed by atoms with E-state index in [1.54, 1.807) is 22.9 Å². The van der Waals surface area contributed by atoms with E-state index in [2.05, 4.69) is 37.3 Å². The van der Waals surface area contributed by atoms with Gasteiger partial charge in [0, 0.05) is 9.77 Å². The lowest BCUT2D eigenvalue weighted by Crippen LogP contribution is -1.92. The predicted molar refractivity (Wildman–Crippen MR) is 92.4 cm³/mol. The minimum absolute atomic E-state index is 0.282. The molecule has 3 rings (SSSR count). The Bertz CT molecular complexity index is 700. The Hall–Kier alpha value is -1.16. The molecule has 0 amide bonds. The molecule has 4 heteroatoms. The molecule has 0 bridgehead atoms. The van der Waals surface area contributed by atoms with E-state index in [0.29, 0.717) is 0 Å². The first-order chi connectivity index (χ1) is 9.63. The van der Waals surface area contributed by atoms with Crippen molar-refractivity contribution in [3.63, 3.8) is 0 Å². The van der Waals surface area contributed by atoms with Crippen molar-refractivity contribution in [2.45, 2.75) is 6.92 Å². The van der Waals surface area contributed by atoms with Crippen LogP contribution in [0, 0.1) is 6.92 Å². The summed E-state index contributed by atoms with van der Waals surface area (Å²) >= 11 is 0. The average molecular weight is 321 g/mol. The van der Waals surface area contributed by atoms with Crippen molar-refractivity contribution >= 4 is 40.0 Å². The number of halogens is 1. The molecule has 1 unspecified atom stereocenters. The zero-order chi connectivity index (χ0) is 14.1. The molecule has 0 aromatic heterocycles. The zero-order valence-corrected chi connectivity index (χ0v) is 13.2. The molecule has 1 aliphatic heterocycles. The highest BCUT2D eigenvalue weighted by Gasteiger charge is 2.17. The second kappa shape index (κ2) is 5.68. The molecule has 0 radical (unpaired) electrons. The molecule has 1 aliphatic rings. The Morgan fingerprint density at radius 2 is 1.55 bits per heavy atom. The first-order valence-electron chi connectivity index (χ1n) is 6.17. The maximum absolute atomic E-state index is 9.35. The Morgan fingerprint density at radius 1 is 0.950 bits per heavy atom.